The van der Waals surface area contributed by atoms with E-state index in [0.29, 0.717) is 18.4 Å². The Balaban J connectivity index is 1.83. The summed E-state index contributed by atoms with van der Waals surface area (Å²) < 4.78 is 42.6. The third-order valence-electron chi connectivity index (χ3n) is 3.77. The molecule has 1 saturated carbocycles. The lowest BCUT2D eigenvalue weighted by Gasteiger charge is -2.16. The van der Waals surface area contributed by atoms with Gasteiger partial charge in [-0.25, -0.2) is 17.6 Å². The summed E-state index contributed by atoms with van der Waals surface area (Å²) in [6.45, 7) is 0. The minimum atomic E-state index is -3.32. The Morgan fingerprint density at radius 1 is 1.08 bits per heavy atom. The van der Waals surface area contributed by atoms with Crippen LogP contribution in [0.1, 0.15) is 24.5 Å². The van der Waals surface area contributed by atoms with Crippen LogP contribution in [0.25, 0.3) is 0 Å². The number of carboxylic acid groups (broad SMARTS) is 1. The van der Waals surface area contributed by atoms with Gasteiger partial charge in [-0.2, -0.15) is 0 Å². The monoisotopic (exact) mass is 350 g/mol. The summed E-state index contributed by atoms with van der Waals surface area (Å²) in [4.78, 5) is 11.6. The molecule has 1 N–H and O–H groups in total. The molecule has 24 heavy (non-hydrogen) atoms. The zero-order valence-corrected chi connectivity index (χ0v) is 13.4. The van der Waals surface area contributed by atoms with Gasteiger partial charge in [-0.15, -0.1) is 0 Å². The third kappa shape index (κ3) is 3.41. The highest BCUT2D eigenvalue weighted by Crippen LogP contribution is 2.34. The second-order valence-electron chi connectivity index (χ2n) is 5.60. The van der Waals surface area contributed by atoms with Gasteiger partial charge in [-0.05, 0) is 49.2 Å². The highest BCUT2D eigenvalue weighted by atomic mass is 32.2. The van der Waals surface area contributed by atoms with Crippen molar-refractivity contribution in [3.8, 4) is 5.75 Å². The van der Waals surface area contributed by atoms with E-state index in [0.717, 1.165) is 0 Å². The minimum absolute atomic E-state index is 0.180. The molecule has 2 aromatic rings. The Morgan fingerprint density at radius 3 is 2.17 bits per heavy atom. The number of benzene rings is 2. The van der Waals surface area contributed by atoms with Crippen molar-refractivity contribution in [2.75, 3.05) is 0 Å². The van der Waals surface area contributed by atoms with Crippen LogP contribution in [0, 0.1) is 5.82 Å². The summed E-state index contributed by atoms with van der Waals surface area (Å²) in [7, 11) is -3.32. The van der Waals surface area contributed by atoms with Crippen LogP contribution in [0.4, 0.5) is 4.39 Å². The van der Waals surface area contributed by atoms with E-state index in [2.05, 4.69) is 0 Å². The molecule has 0 bridgehead atoms. The largest absolute Gasteiger partial charge is 0.478 e. The maximum absolute atomic E-state index is 12.9. The lowest BCUT2D eigenvalue weighted by Crippen LogP contribution is -2.18. The van der Waals surface area contributed by atoms with Crippen LogP contribution in [0.2, 0.25) is 0 Å². The van der Waals surface area contributed by atoms with Crippen LogP contribution < -0.4 is 4.74 Å². The second kappa shape index (κ2) is 6.24. The van der Waals surface area contributed by atoms with Gasteiger partial charge in [0, 0.05) is 5.56 Å². The Labute approximate surface area is 138 Å². The number of rotatable bonds is 6. The average molecular weight is 350 g/mol. The lowest BCUT2D eigenvalue weighted by molar-refractivity contribution is -0.145. The Morgan fingerprint density at radius 2 is 1.67 bits per heavy atom. The quantitative estimate of drug-likeness (QED) is 0.866. The van der Waals surface area contributed by atoms with Gasteiger partial charge in [0.05, 0.1) is 10.1 Å². The molecule has 0 aliphatic heterocycles. The molecule has 0 heterocycles. The zero-order valence-electron chi connectivity index (χ0n) is 12.6. The molecule has 1 aliphatic carbocycles. The van der Waals surface area contributed by atoms with Crippen molar-refractivity contribution in [3.63, 3.8) is 0 Å². The summed E-state index contributed by atoms with van der Waals surface area (Å²) in [5.41, 5.74) is 0.307. The third-order valence-corrected chi connectivity index (χ3v) is 6.04. The Bertz CT molecular complexity index is 840. The van der Waals surface area contributed by atoms with Crippen LogP contribution in [-0.4, -0.2) is 24.7 Å². The number of halogens is 1. The van der Waals surface area contributed by atoms with E-state index in [1.54, 1.807) is 0 Å². The van der Waals surface area contributed by atoms with E-state index in [9.17, 15) is 22.7 Å². The highest BCUT2D eigenvalue weighted by molar-refractivity contribution is 7.92. The van der Waals surface area contributed by atoms with Crippen molar-refractivity contribution in [1.29, 1.82) is 0 Å². The van der Waals surface area contributed by atoms with E-state index in [4.69, 9.17) is 4.74 Å². The molecule has 3 rings (SSSR count). The fraction of sp³-hybridized carbons (Fsp3) is 0.235. The normalized spacial score (nSPS) is 15.7. The molecule has 1 fully saturated rings. The summed E-state index contributed by atoms with van der Waals surface area (Å²) in [5, 5.41) is 9.03. The first-order valence-electron chi connectivity index (χ1n) is 7.37. The maximum atomic E-state index is 12.9. The van der Waals surface area contributed by atoms with Gasteiger partial charge >= 0.3 is 5.97 Å². The van der Waals surface area contributed by atoms with Crippen molar-refractivity contribution in [2.24, 2.45) is 0 Å². The van der Waals surface area contributed by atoms with Crippen molar-refractivity contribution in [2.45, 2.75) is 29.1 Å². The number of hydrogen-bond acceptors (Lipinski definition) is 4. The smallest absolute Gasteiger partial charge is 0.349 e. The molecule has 0 saturated heterocycles. The predicted octanol–water partition coefficient (Wildman–Crippen LogP) is 2.97. The number of carbonyl (C=O) groups is 1. The van der Waals surface area contributed by atoms with Crippen LogP contribution >= 0.6 is 0 Å². The zero-order chi connectivity index (χ0) is 17.3. The second-order valence-corrected chi connectivity index (χ2v) is 7.83. The molecular weight excluding hydrogens is 335 g/mol. The Kier molecular flexibility index (Phi) is 4.28. The van der Waals surface area contributed by atoms with Crippen molar-refractivity contribution < 1.29 is 27.4 Å². The molecule has 0 radical (unpaired) electrons. The molecular formula is C17H15FO5S. The average Bonchev–Trinajstić information content (AvgIpc) is 3.39. The van der Waals surface area contributed by atoms with E-state index < -0.39 is 27.7 Å². The maximum Gasteiger partial charge on any atom is 0.349 e. The van der Waals surface area contributed by atoms with Crippen LogP contribution in [0.3, 0.4) is 0 Å². The Hall–Kier alpha value is -2.41. The van der Waals surface area contributed by atoms with Crippen LogP contribution in [0.15, 0.2) is 53.4 Å². The van der Waals surface area contributed by atoms with Crippen molar-refractivity contribution >= 4 is 15.8 Å². The van der Waals surface area contributed by atoms with E-state index >= 15 is 0 Å². The molecule has 2 aromatic carbocycles. The molecule has 0 spiro atoms. The fourth-order valence-corrected chi connectivity index (χ4v) is 3.97. The van der Waals surface area contributed by atoms with E-state index in [1.807, 2.05) is 0 Å². The van der Waals surface area contributed by atoms with Crippen LogP contribution in [-0.2, 0) is 14.6 Å². The van der Waals surface area contributed by atoms with Gasteiger partial charge in [0.2, 0.25) is 6.10 Å². The molecule has 1 aliphatic rings. The minimum Gasteiger partial charge on any atom is -0.478 e. The SMILES string of the molecule is O=C(O)C(Oc1ccc(F)cc1)c1ccc(S(=O)(=O)C2CC2)cc1. The number of hydrogen-bond donors (Lipinski definition) is 1. The van der Waals surface area contributed by atoms with Gasteiger partial charge in [0.1, 0.15) is 11.6 Å². The summed E-state index contributed by atoms with van der Waals surface area (Å²) in [6.07, 6.45) is 0.0125. The van der Waals surface area contributed by atoms with Crippen LogP contribution in [0.5, 0.6) is 5.75 Å². The summed E-state index contributed by atoms with van der Waals surface area (Å²) in [6, 6.07) is 10.6. The van der Waals surface area contributed by atoms with Gasteiger partial charge in [-0.1, -0.05) is 12.1 Å². The topological polar surface area (TPSA) is 80.7 Å². The number of carboxylic acids is 1. The first kappa shape index (κ1) is 16.4. The lowest BCUT2D eigenvalue weighted by atomic mass is 10.1. The molecule has 126 valence electrons. The number of aliphatic carboxylic acids is 1. The van der Waals surface area contributed by atoms with E-state index in [1.165, 1.54) is 48.5 Å². The standard InChI is InChI=1S/C17H15FO5S/c18-12-3-5-13(6-4-12)23-16(17(19)20)11-1-7-14(8-2-11)24(21,22)15-9-10-15/h1-8,15-16H,9-10H2,(H,19,20). The fourth-order valence-electron chi connectivity index (χ4n) is 2.31. The number of ether oxygens (including phenoxy) is 1. The summed E-state index contributed by atoms with van der Waals surface area (Å²) >= 11 is 0. The van der Waals surface area contributed by atoms with E-state index in [-0.39, 0.29) is 15.9 Å². The summed E-state index contributed by atoms with van der Waals surface area (Å²) in [5.74, 6) is -1.47. The molecule has 7 heteroatoms. The van der Waals surface area contributed by atoms with Gasteiger partial charge in [0.15, 0.2) is 9.84 Å². The van der Waals surface area contributed by atoms with Crippen molar-refractivity contribution in [1.82, 2.24) is 0 Å². The van der Waals surface area contributed by atoms with Crippen molar-refractivity contribution in [3.05, 3.63) is 59.9 Å². The first-order chi connectivity index (χ1) is 11.4. The number of sulfone groups is 1. The van der Waals surface area contributed by atoms with Gasteiger partial charge < -0.3 is 9.84 Å². The predicted molar refractivity (Wildman–Crippen MR) is 84.1 cm³/mol. The molecule has 1 atom stereocenters. The van der Waals surface area contributed by atoms with Gasteiger partial charge in [0.25, 0.3) is 0 Å². The first-order valence-corrected chi connectivity index (χ1v) is 8.91. The van der Waals surface area contributed by atoms with Gasteiger partial charge in [-0.3, -0.25) is 0 Å². The highest BCUT2D eigenvalue weighted by Gasteiger charge is 2.37. The molecule has 0 amide bonds. The molecule has 5 nitrogen and oxygen atoms in total. The molecule has 1 unspecified atom stereocenters. The molecule has 0 aromatic heterocycles.